The van der Waals surface area contributed by atoms with Crippen LogP contribution in [-0.4, -0.2) is 16.0 Å². The second-order valence-corrected chi connectivity index (χ2v) is 3.27. The highest BCUT2D eigenvalue weighted by atomic mass is 15.1. The Hall–Kier alpha value is -1.32. The van der Waals surface area contributed by atoms with Crippen LogP contribution in [0.4, 0.5) is 0 Å². The number of nitrogens with one attached hydrogen (secondary N) is 2. The molecular weight excluding hydrogens is 152 g/mol. The zero-order chi connectivity index (χ0) is 8.55. The van der Waals surface area contributed by atoms with Gasteiger partial charge in [-0.25, -0.2) is 0 Å². The Morgan fingerprint density at radius 1 is 1.75 bits per heavy atom. The molecule has 0 saturated carbocycles. The molecule has 1 aromatic rings. The lowest BCUT2D eigenvalue weighted by molar-refractivity contribution is 0.569. The van der Waals surface area contributed by atoms with Gasteiger partial charge in [0.05, 0.1) is 12.0 Å². The molecule has 0 aliphatic heterocycles. The van der Waals surface area contributed by atoms with Gasteiger partial charge in [0.1, 0.15) is 0 Å². The molecule has 0 fully saturated rings. The normalized spacial score (nSPS) is 21.8. The molecule has 0 aromatic carbocycles. The van der Waals surface area contributed by atoms with E-state index < -0.39 is 0 Å². The van der Waals surface area contributed by atoms with Gasteiger partial charge in [-0.15, -0.1) is 0 Å². The number of aromatic nitrogens is 2. The third-order valence-electron chi connectivity index (χ3n) is 2.46. The van der Waals surface area contributed by atoms with Gasteiger partial charge in [-0.3, -0.25) is 10.5 Å². The summed E-state index contributed by atoms with van der Waals surface area (Å²) in [5, 5.41) is 14.2. The number of rotatable bonds is 1. The minimum absolute atomic E-state index is 0.220. The van der Waals surface area contributed by atoms with Crippen molar-refractivity contribution in [3.8, 4) is 0 Å². The Labute approximate surface area is 70.7 Å². The van der Waals surface area contributed by atoms with Crippen LogP contribution in [0.2, 0.25) is 0 Å². The molecule has 0 radical (unpaired) electrons. The summed E-state index contributed by atoms with van der Waals surface area (Å²) in [5.74, 6) is 0.521. The second kappa shape index (κ2) is 2.62. The summed E-state index contributed by atoms with van der Waals surface area (Å²) in [6, 6.07) is 0. The molecule has 0 saturated heterocycles. The van der Waals surface area contributed by atoms with Crippen LogP contribution in [0.15, 0.2) is 6.20 Å². The van der Waals surface area contributed by atoms with Crippen molar-refractivity contribution in [1.82, 2.24) is 10.2 Å². The summed E-state index contributed by atoms with van der Waals surface area (Å²) in [6.07, 6.45) is 4.70. The molecule has 1 heterocycles. The fourth-order valence-corrected chi connectivity index (χ4v) is 1.67. The Bertz CT molecular complexity index is 302. The van der Waals surface area contributed by atoms with Crippen molar-refractivity contribution in [3.63, 3.8) is 0 Å². The van der Waals surface area contributed by atoms with Crippen molar-refractivity contribution in [3.05, 3.63) is 17.5 Å². The lowest BCUT2D eigenvalue weighted by Gasteiger charge is -2.19. The van der Waals surface area contributed by atoms with Gasteiger partial charge in [-0.2, -0.15) is 5.10 Å². The van der Waals surface area contributed by atoms with E-state index in [9.17, 15) is 0 Å². The smallest absolute Gasteiger partial charge is 0.0941 e. The Morgan fingerprint density at radius 2 is 2.58 bits per heavy atom. The van der Waals surface area contributed by atoms with Gasteiger partial charge in [-0.05, 0) is 24.8 Å². The maximum atomic E-state index is 7.33. The second-order valence-electron chi connectivity index (χ2n) is 3.27. The van der Waals surface area contributed by atoms with Crippen molar-refractivity contribution in [2.24, 2.45) is 11.7 Å². The minimum Gasteiger partial charge on any atom is -0.387 e. The molecule has 0 unspecified atom stereocenters. The van der Waals surface area contributed by atoms with E-state index in [-0.39, 0.29) is 5.92 Å². The SMILES string of the molecule is N=C(N)[C@@H]1CCc2cn[nH]c2C1. The summed E-state index contributed by atoms with van der Waals surface area (Å²) in [4.78, 5) is 0. The first-order chi connectivity index (χ1) is 5.77. The van der Waals surface area contributed by atoms with Crippen LogP contribution in [0.25, 0.3) is 0 Å². The van der Waals surface area contributed by atoms with Gasteiger partial charge >= 0.3 is 0 Å². The van der Waals surface area contributed by atoms with Crippen LogP contribution in [0.5, 0.6) is 0 Å². The van der Waals surface area contributed by atoms with E-state index in [1.807, 2.05) is 6.20 Å². The first-order valence-electron chi connectivity index (χ1n) is 4.12. The Kier molecular flexibility index (Phi) is 1.60. The van der Waals surface area contributed by atoms with E-state index in [2.05, 4.69) is 10.2 Å². The minimum atomic E-state index is 0.220. The molecule has 1 aliphatic carbocycles. The zero-order valence-corrected chi connectivity index (χ0v) is 6.80. The number of nitrogens with two attached hydrogens (primary N) is 1. The fourth-order valence-electron chi connectivity index (χ4n) is 1.67. The van der Waals surface area contributed by atoms with Crippen LogP contribution in [-0.2, 0) is 12.8 Å². The molecular formula is C8H12N4. The fraction of sp³-hybridized carbons (Fsp3) is 0.500. The molecule has 2 rings (SSSR count). The molecule has 4 heteroatoms. The summed E-state index contributed by atoms with van der Waals surface area (Å²) in [5.41, 5.74) is 7.88. The van der Waals surface area contributed by atoms with Crippen LogP contribution < -0.4 is 5.73 Å². The maximum Gasteiger partial charge on any atom is 0.0941 e. The highest BCUT2D eigenvalue weighted by Crippen LogP contribution is 2.22. The predicted molar refractivity (Wildman–Crippen MR) is 46.0 cm³/mol. The summed E-state index contributed by atoms with van der Waals surface area (Å²) < 4.78 is 0. The third-order valence-corrected chi connectivity index (χ3v) is 2.46. The topological polar surface area (TPSA) is 78.6 Å². The van der Waals surface area contributed by atoms with E-state index in [1.165, 1.54) is 5.56 Å². The number of H-pyrrole nitrogens is 1. The molecule has 1 atom stereocenters. The zero-order valence-electron chi connectivity index (χ0n) is 6.80. The first kappa shape index (κ1) is 7.34. The highest BCUT2D eigenvalue weighted by molar-refractivity contribution is 5.80. The van der Waals surface area contributed by atoms with E-state index in [0.717, 1.165) is 25.0 Å². The number of fused-ring (bicyclic) bond motifs is 1. The molecule has 64 valence electrons. The molecule has 4 nitrogen and oxygen atoms in total. The molecule has 1 aromatic heterocycles. The van der Waals surface area contributed by atoms with Gasteiger partial charge in [0.25, 0.3) is 0 Å². The molecule has 0 bridgehead atoms. The summed E-state index contributed by atoms with van der Waals surface area (Å²) >= 11 is 0. The molecule has 1 aliphatic rings. The summed E-state index contributed by atoms with van der Waals surface area (Å²) in [7, 11) is 0. The lowest BCUT2D eigenvalue weighted by atomic mass is 9.87. The van der Waals surface area contributed by atoms with Crippen molar-refractivity contribution < 1.29 is 0 Å². The Morgan fingerprint density at radius 3 is 3.33 bits per heavy atom. The quantitative estimate of drug-likeness (QED) is 0.416. The largest absolute Gasteiger partial charge is 0.387 e. The average Bonchev–Trinajstić information content (AvgIpc) is 2.49. The predicted octanol–water partition coefficient (Wildman–Crippen LogP) is 0.451. The number of nitrogens with zero attached hydrogens (tertiary/aromatic N) is 1. The molecule has 12 heavy (non-hydrogen) atoms. The van der Waals surface area contributed by atoms with Crippen LogP contribution in [0, 0.1) is 11.3 Å². The Balaban J connectivity index is 2.20. The van der Waals surface area contributed by atoms with Crippen molar-refractivity contribution in [2.75, 3.05) is 0 Å². The van der Waals surface area contributed by atoms with Crippen LogP contribution >= 0.6 is 0 Å². The van der Waals surface area contributed by atoms with Gasteiger partial charge in [0.2, 0.25) is 0 Å². The van der Waals surface area contributed by atoms with Gasteiger partial charge in [-0.1, -0.05) is 0 Å². The van der Waals surface area contributed by atoms with Crippen molar-refractivity contribution in [1.29, 1.82) is 5.41 Å². The monoisotopic (exact) mass is 164 g/mol. The number of aryl methyl sites for hydroxylation is 1. The standard InChI is InChI=1S/C8H12N4/c9-8(10)5-1-2-6-4-11-12-7(6)3-5/h4-5H,1-3H2,(H3,9,10)(H,11,12)/t5-/m1/s1. The summed E-state index contributed by atoms with van der Waals surface area (Å²) in [6.45, 7) is 0. The number of hydrogen-bond acceptors (Lipinski definition) is 2. The van der Waals surface area contributed by atoms with E-state index in [4.69, 9.17) is 11.1 Å². The third kappa shape index (κ3) is 1.09. The number of amidine groups is 1. The molecule has 0 spiro atoms. The molecule has 4 N–H and O–H groups in total. The van der Waals surface area contributed by atoms with Crippen molar-refractivity contribution in [2.45, 2.75) is 19.3 Å². The van der Waals surface area contributed by atoms with Crippen LogP contribution in [0.3, 0.4) is 0 Å². The molecule has 0 amide bonds. The van der Waals surface area contributed by atoms with Crippen LogP contribution in [0.1, 0.15) is 17.7 Å². The van der Waals surface area contributed by atoms with E-state index in [0.29, 0.717) is 5.84 Å². The van der Waals surface area contributed by atoms with E-state index >= 15 is 0 Å². The first-order valence-corrected chi connectivity index (χ1v) is 4.12. The number of aromatic amines is 1. The van der Waals surface area contributed by atoms with E-state index in [1.54, 1.807) is 0 Å². The van der Waals surface area contributed by atoms with Gasteiger partial charge < -0.3 is 5.73 Å². The lowest BCUT2D eigenvalue weighted by Crippen LogP contribution is -2.27. The van der Waals surface area contributed by atoms with Gasteiger partial charge in [0, 0.05) is 11.6 Å². The maximum absolute atomic E-state index is 7.33. The average molecular weight is 164 g/mol. The van der Waals surface area contributed by atoms with Gasteiger partial charge in [0.15, 0.2) is 0 Å². The highest BCUT2D eigenvalue weighted by Gasteiger charge is 2.21. The van der Waals surface area contributed by atoms with Crippen molar-refractivity contribution >= 4 is 5.84 Å². The number of hydrogen-bond donors (Lipinski definition) is 3.